The zero-order valence-electron chi connectivity index (χ0n) is 38.3. The highest BCUT2D eigenvalue weighted by Crippen LogP contribution is 2.63. The Bertz CT molecular complexity index is 1950. The molecule has 15 heteroatoms. The minimum atomic E-state index is -0.698. The molecule has 1 N–H and O–H groups in total. The number of anilines is 2. The molecule has 3 saturated heterocycles. The monoisotopic (exact) mass is 897 g/mol. The number of hydrogen-bond acceptors (Lipinski definition) is 14. The fourth-order valence-corrected chi connectivity index (χ4v) is 13.0. The number of cyclic esters (lactones) is 1. The predicted octanol–water partition coefficient (Wildman–Crippen LogP) is 7.91. The van der Waals surface area contributed by atoms with Gasteiger partial charge < -0.3 is 48.1 Å². The zero-order valence-corrected chi connectivity index (χ0v) is 39.1. The van der Waals surface area contributed by atoms with Gasteiger partial charge in [-0.05, 0) is 115 Å². The van der Waals surface area contributed by atoms with Gasteiger partial charge in [0.2, 0.25) is 0 Å². The van der Waals surface area contributed by atoms with E-state index in [2.05, 4.69) is 37.3 Å². The first-order valence-electron chi connectivity index (χ1n) is 23.2. The Balaban J connectivity index is 1.13. The molecule has 13 nitrogen and oxygen atoms in total. The van der Waals surface area contributed by atoms with Crippen molar-refractivity contribution in [1.82, 2.24) is 9.88 Å². The molecular weight excluding hydrogens is 830 g/mol. The van der Waals surface area contributed by atoms with E-state index in [1.807, 2.05) is 26.8 Å². The van der Waals surface area contributed by atoms with Crippen molar-refractivity contribution < 1.29 is 51.9 Å². The van der Waals surface area contributed by atoms with Gasteiger partial charge in [0, 0.05) is 61.6 Å². The summed E-state index contributed by atoms with van der Waals surface area (Å²) in [6.45, 7) is 8.08. The number of halogens is 1. The van der Waals surface area contributed by atoms with Crippen LogP contribution in [-0.4, -0.2) is 125 Å². The van der Waals surface area contributed by atoms with E-state index in [9.17, 15) is 9.18 Å². The van der Waals surface area contributed by atoms with Crippen molar-refractivity contribution in [2.75, 3.05) is 40.7 Å². The van der Waals surface area contributed by atoms with Crippen LogP contribution in [0.5, 0.6) is 0 Å². The molecule has 0 bridgehead atoms. The van der Waals surface area contributed by atoms with Crippen LogP contribution < -0.4 is 5.32 Å². The van der Waals surface area contributed by atoms with Crippen LogP contribution in [0.4, 0.5) is 15.2 Å². The third kappa shape index (κ3) is 9.56. The molecule has 1 saturated carbocycles. The number of allylic oxidation sites excluding steroid dienone is 2. The number of methoxy groups -OCH3 is 3. The maximum atomic E-state index is 15.2. The van der Waals surface area contributed by atoms with E-state index in [1.54, 1.807) is 38.7 Å². The summed E-state index contributed by atoms with van der Waals surface area (Å²) >= 11 is 1.56. The highest BCUT2D eigenvalue weighted by Gasteiger charge is 2.57. The molecular formula is C48H68FN3O10S. The van der Waals surface area contributed by atoms with Crippen LogP contribution in [0.3, 0.4) is 0 Å². The lowest BCUT2D eigenvalue weighted by atomic mass is 9.67. The molecule has 1 aromatic carbocycles. The number of hydrogen-bond donors (Lipinski definition) is 1. The van der Waals surface area contributed by atoms with Gasteiger partial charge >= 0.3 is 5.97 Å². The van der Waals surface area contributed by atoms with Crippen LogP contribution in [-0.2, 0) is 47.5 Å². The zero-order chi connectivity index (χ0) is 44.7. The molecule has 1 aromatic heterocycles. The average Bonchev–Trinajstić information content (AvgIpc) is 3.97. The van der Waals surface area contributed by atoms with Crippen LogP contribution in [0.25, 0.3) is 0 Å². The number of esters is 1. The molecule has 17 atom stereocenters. The summed E-state index contributed by atoms with van der Waals surface area (Å²) in [5.41, 5.74) is 2.12. The van der Waals surface area contributed by atoms with Gasteiger partial charge in [0.15, 0.2) is 23.5 Å². The number of likely N-dealkylation sites (N-methyl/N-ethyl adjacent to an activating group) is 1. The average molecular weight is 898 g/mol. The second kappa shape index (κ2) is 19.9. The van der Waals surface area contributed by atoms with Crippen molar-refractivity contribution >= 4 is 33.9 Å². The molecule has 348 valence electrons. The van der Waals surface area contributed by atoms with Crippen molar-refractivity contribution in [2.24, 2.45) is 23.7 Å². The molecule has 2 unspecified atom stereocenters. The molecule has 0 radical (unpaired) electrons. The minimum Gasteiger partial charge on any atom is -0.462 e. The summed E-state index contributed by atoms with van der Waals surface area (Å²) in [7, 11) is 9.07. The van der Waals surface area contributed by atoms with Crippen molar-refractivity contribution in [3.05, 3.63) is 52.3 Å². The third-order valence-electron chi connectivity index (χ3n) is 15.0. The van der Waals surface area contributed by atoms with Crippen LogP contribution in [0.1, 0.15) is 108 Å². The summed E-state index contributed by atoms with van der Waals surface area (Å²) in [6, 6.07) is 6.63. The lowest BCUT2D eigenvalue weighted by Gasteiger charge is -2.44. The summed E-state index contributed by atoms with van der Waals surface area (Å²) < 4.78 is 64.8. The maximum Gasteiger partial charge on any atom is 0.306 e. The Morgan fingerprint density at radius 1 is 0.921 bits per heavy atom. The Morgan fingerprint density at radius 2 is 1.70 bits per heavy atom. The SMILES string of the molecule is CC[C@H]1CCC[C@H](O[C@H]2CC[C@H](N(C)C)[C@@H](C)O2)[C@@H](C)C(=O)C2=C[C@@H]3C(c4nc(Nc5cccc(F)c5)sc4C4C[C@@H](O[C@@H]5O[C@@H](C)[C@H](OC)[C@@H](OC)[C@H]5OC)C[C@H]43)[C@@H]2CC(=O)O1. The number of benzene rings is 1. The standard InChI is InChI=1S/C48H68FN3O10S/c1-10-29-15-12-16-37(62-39-18-17-36(52(5)6)25(3)58-39)24(2)42(54)34-22-32-31-20-30(61-47-45(57-9)44(56-8)43(55-7)26(4)59-47)21-35(31)46-41(40(32)33(34)23-38(53)60-29)51-48(63-46)50-28-14-11-13-27(49)19-28/h11,13-14,19,22,24-26,29-33,35-37,39-40,43-45,47H,10,12,15-18,20-21,23H2,1-9H3,(H,50,51)/t24-,25-,26+,29+,30+,31+,32+,33-,35?,36+,37+,39+,40?,43+,44-,45-,47+/m1/s1. The van der Waals surface area contributed by atoms with Crippen molar-refractivity contribution in [3.8, 4) is 0 Å². The van der Waals surface area contributed by atoms with E-state index in [0.29, 0.717) is 54.5 Å². The number of fused-ring (bicyclic) bond motifs is 8. The highest BCUT2D eigenvalue weighted by molar-refractivity contribution is 7.15. The van der Waals surface area contributed by atoms with Gasteiger partial charge in [0.05, 0.1) is 36.5 Å². The summed E-state index contributed by atoms with van der Waals surface area (Å²) in [5.74, 6) is -1.82. The number of carbonyl (C=O) groups excluding carboxylic acids is 2. The number of carbonyl (C=O) groups is 2. The van der Waals surface area contributed by atoms with E-state index in [1.165, 1.54) is 12.1 Å². The number of ketones is 1. The molecule has 4 heterocycles. The van der Waals surface area contributed by atoms with Crippen LogP contribution in [0.2, 0.25) is 0 Å². The van der Waals surface area contributed by atoms with E-state index in [-0.39, 0.29) is 84.3 Å². The Morgan fingerprint density at radius 3 is 2.40 bits per heavy atom. The number of Topliss-reactive ketones (excluding diaryl/α,β-unsaturated/α-hetero) is 1. The largest absolute Gasteiger partial charge is 0.462 e. The maximum absolute atomic E-state index is 15.2. The first-order chi connectivity index (χ1) is 30.3. The molecule has 0 spiro atoms. The number of thiazole rings is 1. The van der Waals surface area contributed by atoms with Crippen molar-refractivity contribution in [3.63, 3.8) is 0 Å². The van der Waals surface area contributed by atoms with Crippen LogP contribution in [0.15, 0.2) is 35.9 Å². The van der Waals surface area contributed by atoms with Crippen molar-refractivity contribution in [2.45, 2.75) is 165 Å². The van der Waals surface area contributed by atoms with E-state index in [4.69, 9.17) is 42.9 Å². The number of aromatic nitrogens is 1. The Kier molecular flexibility index (Phi) is 14.8. The molecule has 63 heavy (non-hydrogen) atoms. The normalized spacial score (nSPS) is 39.6. The number of nitrogens with zero attached hydrogens (tertiary/aromatic N) is 2. The molecule has 4 fully saturated rings. The number of ether oxygens (including phenoxy) is 8. The highest BCUT2D eigenvalue weighted by atomic mass is 32.1. The van der Waals surface area contributed by atoms with Crippen LogP contribution in [0, 0.1) is 29.5 Å². The first-order valence-corrected chi connectivity index (χ1v) is 24.0. The van der Waals surface area contributed by atoms with Gasteiger partial charge in [-0.3, -0.25) is 9.59 Å². The van der Waals surface area contributed by atoms with E-state index < -0.39 is 36.6 Å². The fraction of sp³-hybridized carbons (Fsp3) is 0.729. The first kappa shape index (κ1) is 46.7. The van der Waals surface area contributed by atoms with E-state index >= 15 is 4.79 Å². The predicted molar refractivity (Wildman–Crippen MR) is 235 cm³/mol. The smallest absolute Gasteiger partial charge is 0.306 e. The Labute approximate surface area is 376 Å². The van der Waals surface area contributed by atoms with Crippen LogP contribution >= 0.6 is 11.3 Å². The molecule has 2 aromatic rings. The molecule has 3 aliphatic carbocycles. The molecule has 6 aliphatic rings. The fourth-order valence-electron chi connectivity index (χ4n) is 11.8. The van der Waals surface area contributed by atoms with Gasteiger partial charge in [-0.2, -0.15) is 0 Å². The van der Waals surface area contributed by atoms with Gasteiger partial charge in [0.25, 0.3) is 0 Å². The van der Waals surface area contributed by atoms with Crippen molar-refractivity contribution in [1.29, 1.82) is 0 Å². The summed E-state index contributed by atoms with van der Waals surface area (Å²) in [5, 5.41) is 4.00. The lowest BCUT2D eigenvalue weighted by molar-refractivity contribution is -0.314. The molecule has 8 rings (SSSR count). The van der Waals surface area contributed by atoms with Gasteiger partial charge in [-0.25, -0.2) is 9.37 Å². The minimum absolute atomic E-state index is 0.00193. The lowest BCUT2D eigenvalue weighted by Crippen LogP contribution is -2.59. The van der Waals surface area contributed by atoms with Gasteiger partial charge in [-0.15, -0.1) is 11.3 Å². The van der Waals surface area contributed by atoms with Gasteiger partial charge in [-0.1, -0.05) is 26.0 Å². The second-order valence-electron chi connectivity index (χ2n) is 18.9. The van der Waals surface area contributed by atoms with Gasteiger partial charge in [0.1, 0.15) is 30.2 Å². The quantitative estimate of drug-likeness (QED) is 0.219. The number of rotatable bonds is 11. The topological polar surface area (TPSA) is 136 Å². The molecule has 3 aliphatic heterocycles. The molecule has 0 amide bonds. The number of nitrogens with one attached hydrogen (secondary N) is 1. The Hall–Kier alpha value is -2.86. The summed E-state index contributed by atoms with van der Waals surface area (Å²) in [4.78, 5) is 37.8. The third-order valence-corrected chi connectivity index (χ3v) is 16.1. The second-order valence-corrected chi connectivity index (χ2v) is 19.9. The van der Waals surface area contributed by atoms with E-state index in [0.717, 1.165) is 29.8 Å². The summed E-state index contributed by atoms with van der Waals surface area (Å²) in [6.07, 6.45) is 4.58.